The number of aliphatic imine (C=N–C) groups is 1. The van der Waals surface area contributed by atoms with Crippen LogP contribution in [-0.4, -0.2) is 111 Å². The first-order valence-corrected chi connectivity index (χ1v) is 12.9. The second-order valence-corrected chi connectivity index (χ2v) is 9.80. The Morgan fingerprint density at radius 2 is 1.61 bits per heavy atom. The van der Waals surface area contributed by atoms with Crippen LogP contribution in [-0.2, 0) is 4.74 Å². The molecule has 2 aliphatic heterocycles. The molecule has 0 aromatic heterocycles. The van der Waals surface area contributed by atoms with Crippen molar-refractivity contribution in [3.63, 3.8) is 0 Å². The predicted octanol–water partition coefficient (Wildman–Crippen LogP) is 1.85. The van der Waals surface area contributed by atoms with Crippen LogP contribution in [0.25, 0.3) is 0 Å². The lowest BCUT2D eigenvalue weighted by Gasteiger charge is -2.47. The standard InChI is InChI=1S/C24H48N6O/c1-4-25-23(26-19-22(3)20-29-13-11-28(5-2)12-14-29)27-21-24(9-7-6-8-10-24)30-15-17-31-18-16-30/h22H,4-21H2,1-3H3,(H2,25,26,27). The summed E-state index contributed by atoms with van der Waals surface area (Å²) in [6.07, 6.45) is 6.59. The van der Waals surface area contributed by atoms with E-state index in [1.165, 1.54) is 71.4 Å². The minimum absolute atomic E-state index is 0.231. The van der Waals surface area contributed by atoms with Crippen LogP contribution in [0, 0.1) is 5.92 Å². The van der Waals surface area contributed by atoms with Crippen molar-refractivity contribution in [1.29, 1.82) is 0 Å². The molecule has 3 fully saturated rings. The van der Waals surface area contributed by atoms with E-state index in [-0.39, 0.29) is 5.54 Å². The SMILES string of the molecule is CCNC(=NCC1(N2CCOCC2)CCCCC1)NCC(C)CN1CCN(CC)CC1. The summed E-state index contributed by atoms with van der Waals surface area (Å²) in [6.45, 7) is 20.6. The fourth-order valence-corrected chi connectivity index (χ4v) is 5.45. The molecule has 31 heavy (non-hydrogen) atoms. The predicted molar refractivity (Wildman–Crippen MR) is 130 cm³/mol. The van der Waals surface area contributed by atoms with E-state index in [1.807, 2.05) is 0 Å². The lowest BCUT2D eigenvalue weighted by atomic mass is 9.80. The van der Waals surface area contributed by atoms with Gasteiger partial charge in [0.25, 0.3) is 0 Å². The zero-order valence-electron chi connectivity index (χ0n) is 20.5. The van der Waals surface area contributed by atoms with Gasteiger partial charge in [-0.2, -0.15) is 0 Å². The van der Waals surface area contributed by atoms with Crippen LogP contribution in [0.1, 0.15) is 52.9 Å². The minimum Gasteiger partial charge on any atom is -0.379 e. The van der Waals surface area contributed by atoms with Crippen LogP contribution >= 0.6 is 0 Å². The molecule has 2 heterocycles. The highest BCUT2D eigenvalue weighted by atomic mass is 16.5. The highest BCUT2D eigenvalue weighted by Crippen LogP contribution is 2.34. The molecule has 2 N–H and O–H groups in total. The summed E-state index contributed by atoms with van der Waals surface area (Å²) in [5.41, 5.74) is 0.231. The lowest BCUT2D eigenvalue weighted by Crippen LogP contribution is -2.56. The maximum Gasteiger partial charge on any atom is 0.191 e. The van der Waals surface area contributed by atoms with Gasteiger partial charge in [0.15, 0.2) is 5.96 Å². The van der Waals surface area contributed by atoms with Crippen LogP contribution in [0.2, 0.25) is 0 Å². The van der Waals surface area contributed by atoms with Crippen molar-refractivity contribution in [2.75, 3.05) is 85.2 Å². The third-order valence-corrected chi connectivity index (χ3v) is 7.44. The van der Waals surface area contributed by atoms with Gasteiger partial charge in [-0.1, -0.05) is 33.1 Å². The molecule has 0 aromatic carbocycles. The average Bonchev–Trinajstić information content (AvgIpc) is 2.82. The Morgan fingerprint density at radius 1 is 0.935 bits per heavy atom. The first kappa shape index (κ1) is 24.7. The molecule has 1 atom stereocenters. The fourth-order valence-electron chi connectivity index (χ4n) is 5.45. The van der Waals surface area contributed by atoms with E-state index < -0.39 is 0 Å². The molecule has 0 spiro atoms. The van der Waals surface area contributed by atoms with Crippen LogP contribution < -0.4 is 10.6 Å². The summed E-state index contributed by atoms with van der Waals surface area (Å²) < 4.78 is 5.63. The molecular weight excluding hydrogens is 388 g/mol. The van der Waals surface area contributed by atoms with Crippen molar-refractivity contribution >= 4 is 5.96 Å². The van der Waals surface area contributed by atoms with Crippen LogP contribution in [0.4, 0.5) is 0 Å². The van der Waals surface area contributed by atoms with Gasteiger partial charge in [-0.05, 0) is 32.2 Å². The largest absolute Gasteiger partial charge is 0.379 e. The van der Waals surface area contributed by atoms with Crippen molar-refractivity contribution in [2.24, 2.45) is 10.9 Å². The first-order chi connectivity index (χ1) is 15.1. The molecule has 2 saturated heterocycles. The van der Waals surface area contributed by atoms with Gasteiger partial charge in [0.2, 0.25) is 0 Å². The highest BCUT2D eigenvalue weighted by molar-refractivity contribution is 5.79. The Morgan fingerprint density at radius 3 is 2.26 bits per heavy atom. The van der Waals surface area contributed by atoms with E-state index in [4.69, 9.17) is 9.73 Å². The monoisotopic (exact) mass is 436 g/mol. The molecule has 1 aliphatic carbocycles. The number of morpholine rings is 1. The number of guanidine groups is 1. The number of likely N-dealkylation sites (N-methyl/N-ethyl adjacent to an activating group) is 1. The van der Waals surface area contributed by atoms with Crippen molar-refractivity contribution in [3.05, 3.63) is 0 Å². The number of hydrogen-bond acceptors (Lipinski definition) is 5. The number of nitrogens with one attached hydrogen (secondary N) is 2. The summed E-state index contributed by atoms with van der Waals surface area (Å²) in [5, 5.41) is 7.14. The van der Waals surface area contributed by atoms with Gasteiger partial charge in [-0.25, -0.2) is 0 Å². The topological polar surface area (TPSA) is 55.4 Å². The third-order valence-electron chi connectivity index (χ3n) is 7.44. The zero-order valence-corrected chi connectivity index (χ0v) is 20.5. The number of hydrogen-bond donors (Lipinski definition) is 2. The quantitative estimate of drug-likeness (QED) is 0.425. The Bertz CT molecular complexity index is 522. The van der Waals surface area contributed by atoms with E-state index >= 15 is 0 Å². The van der Waals surface area contributed by atoms with Crippen molar-refractivity contribution < 1.29 is 4.74 Å². The van der Waals surface area contributed by atoms with E-state index in [2.05, 4.69) is 46.1 Å². The van der Waals surface area contributed by atoms with E-state index in [1.54, 1.807) is 0 Å². The molecule has 180 valence electrons. The van der Waals surface area contributed by atoms with Gasteiger partial charge >= 0.3 is 0 Å². The Labute approximate surface area is 191 Å². The van der Waals surface area contributed by atoms with Gasteiger partial charge in [0.1, 0.15) is 0 Å². The van der Waals surface area contributed by atoms with E-state index in [9.17, 15) is 0 Å². The molecule has 3 aliphatic rings. The Hall–Kier alpha value is -0.890. The molecule has 0 bridgehead atoms. The number of nitrogens with zero attached hydrogens (tertiary/aromatic N) is 4. The summed E-state index contributed by atoms with van der Waals surface area (Å²) in [6, 6.07) is 0. The van der Waals surface area contributed by atoms with Crippen LogP contribution in [0.5, 0.6) is 0 Å². The molecule has 7 heteroatoms. The molecule has 1 unspecified atom stereocenters. The molecule has 0 amide bonds. The molecule has 0 radical (unpaired) electrons. The number of piperazine rings is 1. The van der Waals surface area contributed by atoms with Crippen molar-refractivity contribution in [1.82, 2.24) is 25.3 Å². The Balaban J connectivity index is 1.51. The summed E-state index contributed by atoms with van der Waals surface area (Å²) in [4.78, 5) is 13.0. The molecular formula is C24H48N6O. The maximum atomic E-state index is 5.63. The van der Waals surface area contributed by atoms with Gasteiger partial charge in [0, 0.05) is 64.4 Å². The lowest BCUT2D eigenvalue weighted by molar-refractivity contribution is -0.0333. The van der Waals surface area contributed by atoms with E-state index in [0.717, 1.165) is 51.9 Å². The van der Waals surface area contributed by atoms with Crippen LogP contribution in [0.15, 0.2) is 4.99 Å². The van der Waals surface area contributed by atoms with Gasteiger partial charge < -0.3 is 25.2 Å². The van der Waals surface area contributed by atoms with Gasteiger partial charge in [-0.15, -0.1) is 0 Å². The minimum atomic E-state index is 0.231. The molecule has 3 rings (SSSR count). The smallest absolute Gasteiger partial charge is 0.191 e. The van der Waals surface area contributed by atoms with Gasteiger partial charge in [0.05, 0.1) is 19.8 Å². The van der Waals surface area contributed by atoms with Crippen molar-refractivity contribution in [2.45, 2.75) is 58.4 Å². The number of rotatable bonds is 9. The van der Waals surface area contributed by atoms with Crippen molar-refractivity contribution in [3.8, 4) is 0 Å². The highest BCUT2D eigenvalue weighted by Gasteiger charge is 2.38. The normalized spacial score (nSPS) is 25.3. The summed E-state index contributed by atoms with van der Waals surface area (Å²) in [5.74, 6) is 1.60. The van der Waals surface area contributed by atoms with E-state index in [0.29, 0.717) is 5.92 Å². The molecule has 1 saturated carbocycles. The molecule has 0 aromatic rings. The van der Waals surface area contributed by atoms with Crippen LogP contribution in [0.3, 0.4) is 0 Å². The molecule has 7 nitrogen and oxygen atoms in total. The average molecular weight is 437 g/mol. The number of ether oxygens (including phenoxy) is 1. The second-order valence-electron chi connectivity index (χ2n) is 9.80. The summed E-state index contributed by atoms with van der Waals surface area (Å²) in [7, 11) is 0. The zero-order chi connectivity index (χ0) is 21.9. The fraction of sp³-hybridized carbons (Fsp3) is 0.958. The summed E-state index contributed by atoms with van der Waals surface area (Å²) >= 11 is 0. The van der Waals surface area contributed by atoms with Gasteiger partial charge in [-0.3, -0.25) is 9.89 Å². The maximum absolute atomic E-state index is 5.63. The Kier molecular flexibility index (Phi) is 10.4. The first-order valence-electron chi connectivity index (χ1n) is 12.9. The third kappa shape index (κ3) is 7.58. The second kappa shape index (κ2) is 13.0.